The number of likely N-dealkylation sites (tertiary alicyclic amines) is 1. The van der Waals surface area contributed by atoms with E-state index >= 15 is 0 Å². The maximum absolute atomic E-state index is 12.5. The van der Waals surface area contributed by atoms with Crippen LogP contribution in [0.4, 0.5) is 11.4 Å². The highest BCUT2D eigenvalue weighted by Crippen LogP contribution is 2.17. The van der Waals surface area contributed by atoms with Crippen molar-refractivity contribution in [2.45, 2.75) is 39.0 Å². The first-order valence-corrected chi connectivity index (χ1v) is 10.8. The predicted octanol–water partition coefficient (Wildman–Crippen LogP) is 4.54. The lowest BCUT2D eigenvalue weighted by atomic mass is 10.1. The lowest BCUT2D eigenvalue weighted by Crippen LogP contribution is -2.35. The molecular formula is C24H31N3O3. The van der Waals surface area contributed by atoms with Crippen molar-refractivity contribution < 1.29 is 14.3 Å². The van der Waals surface area contributed by atoms with Crippen LogP contribution in [0.5, 0.6) is 5.75 Å². The van der Waals surface area contributed by atoms with E-state index in [0.717, 1.165) is 55.9 Å². The van der Waals surface area contributed by atoms with Gasteiger partial charge in [-0.15, -0.1) is 0 Å². The fraction of sp³-hybridized carbons (Fsp3) is 0.417. The molecule has 0 bridgehead atoms. The molecule has 1 heterocycles. The summed E-state index contributed by atoms with van der Waals surface area (Å²) in [5, 5.41) is 5.96. The molecule has 0 atom stereocenters. The molecule has 0 aliphatic carbocycles. The van der Waals surface area contributed by atoms with E-state index in [4.69, 9.17) is 4.74 Å². The van der Waals surface area contributed by atoms with E-state index in [0.29, 0.717) is 12.2 Å². The number of amides is 2. The van der Waals surface area contributed by atoms with E-state index in [1.54, 1.807) is 0 Å². The van der Waals surface area contributed by atoms with E-state index in [-0.39, 0.29) is 18.4 Å². The zero-order valence-electron chi connectivity index (χ0n) is 17.7. The number of piperidine rings is 1. The maximum Gasteiger partial charge on any atom is 0.253 e. The summed E-state index contributed by atoms with van der Waals surface area (Å²) in [6.45, 7) is 4.65. The van der Waals surface area contributed by atoms with Crippen molar-refractivity contribution in [1.29, 1.82) is 0 Å². The largest absolute Gasteiger partial charge is 0.494 e. The van der Waals surface area contributed by atoms with Crippen LogP contribution in [0.25, 0.3) is 0 Å². The van der Waals surface area contributed by atoms with Crippen molar-refractivity contribution in [1.82, 2.24) is 4.90 Å². The number of nitrogens with one attached hydrogen (secondary N) is 2. The minimum absolute atomic E-state index is 0.0844. The van der Waals surface area contributed by atoms with Crippen LogP contribution < -0.4 is 15.4 Å². The maximum atomic E-state index is 12.5. The number of hydrogen-bond donors (Lipinski definition) is 2. The average Bonchev–Trinajstić information content (AvgIpc) is 2.79. The summed E-state index contributed by atoms with van der Waals surface area (Å²) in [7, 11) is 0. The van der Waals surface area contributed by atoms with Gasteiger partial charge in [0.05, 0.1) is 13.2 Å². The van der Waals surface area contributed by atoms with E-state index < -0.39 is 0 Å². The second-order valence-corrected chi connectivity index (χ2v) is 7.56. The smallest absolute Gasteiger partial charge is 0.253 e. The molecule has 0 unspecified atom stereocenters. The van der Waals surface area contributed by atoms with Crippen LogP contribution >= 0.6 is 0 Å². The molecule has 2 amide bonds. The lowest BCUT2D eigenvalue weighted by Gasteiger charge is -2.26. The molecule has 2 aromatic rings. The first-order valence-electron chi connectivity index (χ1n) is 10.8. The van der Waals surface area contributed by atoms with Gasteiger partial charge in [-0.1, -0.05) is 13.3 Å². The van der Waals surface area contributed by atoms with Crippen molar-refractivity contribution in [3.05, 3.63) is 54.1 Å². The van der Waals surface area contributed by atoms with Crippen LogP contribution in [0.1, 0.15) is 49.4 Å². The first-order chi connectivity index (χ1) is 14.7. The molecule has 0 spiro atoms. The third kappa shape index (κ3) is 6.51. The van der Waals surface area contributed by atoms with Crippen LogP contribution in [-0.4, -0.2) is 43.0 Å². The van der Waals surface area contributed by atoms with Crippen LogP contribution in [0.2, 0.25) is 0 Å². The molecule has 1 fully saturated rings. The summed E-state index contributed by atoms with van der Waals surface area (Å²) in [4.78, 5) is 26.6. The van der Waals surface area contributed by atoms with Gasteiger partial charge in [-0.05, 0) is 74.2 Å². The standard InChI is InChI=1S/C24H31N3O3/c1-2-3-17-30-22-13-11-21(12-14-22)26-23(28)18-25-20-9-7-19(8-10-20)24(29)27-15-5-4-6-16-27/h7-14,25H,2-6,15-18H2,1H3,(H,26,28). The van der Waals surface area contributed by atoms with E-state index in [2.05, 4.69) is 17.6 Å². The summed E-state index contributed by atoms with van der Waals surface area (Å²) < 4.78 is 5.62. The molecule has 160 valence electrons. The normalized spacial score (nSPS) is 13.6. The number of carbonyl (C=O) groups is 2. The molecule has 1 aliphatic rings. The van der Waals surface area contributed by atoms with Crippen molar-refractivity contribution in [3.63, 3.8) is 0 Å². The van der Waals surface area contributed by atoms with Gasteiger partial charge in [0.25, 0.3) is 5.91 Å². The van der Waals surface area contributed by atoms with Crippen molar-refractivity contribution in [2.75, 3.05) is 36.9 Å². The number of ether oxygens (including phenoxy) is 1. The highest BCUT2D eigenvalue weighted by Gasteiger charge is 2.17. The highest BCUT2D eigenvalue weighted by atomic mass is 16.5. The van der Waals surface area contributed by atoms with E-state index in [1.807, 2.05) is 53.4 Å². The van der Waals surface area contributed by atoms with Gasteiger partial charge in [-0.25, -0.2) is 0 Å². The van der Waals surface area contributed by atoms with Gasteiger partial charge >= 0.3 is 0 Å². The van der Waals surface area contributed by atoms with Crippen molar-refractivity contribution in [2.24, 2.45) is 0 Å². The molecule has 0 radical (unpaired) electrons. The van der Waals surface area contributed by atoms with Gasteiger partial charge in [0.1, 0.15) is 5.75 Å². The number of carbonyl (C=O) groups excluding carboxylic acids is 2. The Morgan fingerprint density at radius 3 is 2.27 bits per heavy atom. The molecule has 1 aliphatic heterocycles. The van der Waals surface area contributed by atoms with Crippen LogP contribution in [0.3, 0.4) is 0 Å². The van der Waals surface area contributed by atoms with Crippen molar-refractivity contribution >= 4 is 23.2 Å². The Morgan fingerprint density at radius 1 is 0.933 bits per heavy atom. The molecule has 30 heavy (non-hydrogen) atoms. The van der Waals surface area contributed by atoms with Crippen LogP contribution in [0, 0.1) is 0 Å². The van der Waals surface area contributed by atoms with Crippen LogP contribution in [0.15, 0.2) is 48.5 Å². The predicted molar refractivity (Wildman–Crippen MR) is 120 cm³/mol. The molecule has 1 saturated heterocycles. The molecule has 6 heteroatoms. The van der Waals surface area contributed by atoms with Gasteiger partial charge in [0.15, 0.2) is 0 Å². The summed E-state index contributed by atoms with van der Waals surface area (Å²) in [5.74, 6) is 0.753. The molecular weight excluding hydrogens is 378 g/mol. The minimum Gasteiger partial charge on any atom is -0.494 e. The molecule has 2 aromatic carbocycles. The van der Waals surface area contributed by atoms with Gasteiger partial charge < -0.3 is 20.3 Å². The van der Waals surface area contributed by atoms with Crippen LogP contribution in [-0.2, 0) is 4.79 Å². The zero-order valence-corrected chi connectivity index (χ0v) is 17.7. The fourth-order valence-corrected chi connectivity index (χ4v) is 3.37. The van der Waals surface area contributed by atoms with E-state index in [9.17, 15) is 9.59 Å². The first kappa shape index (κ1) is 21.7. The molecule has 3 rings (SSSR count). The third-order valence-electron chi connectivity index (χ3n) is 5.13. The number of anilines is 2. The quantitative estimate of drug-likeness (QED) is 0.597. The van der Waals surface area contributed by atoms with Gasteiger partial charge in [0.2, 0.25) is 5.91 Å². The zero-order chi connectivity index (χ0) is 21.2. The second kappa shape index (κ2) is 11.2. The number of benzene rings is 2. The van der Waals surface area contributed by atoms with Crippen molar-refractivity contribution in [3.8, 4) is 5.75 Å². The number of rotatable bonds is 9. The molecule has 2 N–H and O–H groups in total. The Morgan fingerprint density at radius 2 is 1.60 bits per heavy atom. The molecule has 0 saturated carbocycles. The van der Waals surface area contributed by atoms with Gasteiger partial charge in [-0.3, -0.25) is 9.59 Å². The Balaban J connectivity index is 1.43. The Bertz CT molecular complexity index is 813. The topological polar surface area (TPSA) is 70.7 Å². The van der Waals surface area contributed by atoms with E-state index in [1.165, 1.54) is 6.42 Å². The monoisotopic (exact) mass is 409 g/mol. The summed E-state index contributed by atoms with van der Waals surface area (Å²) in [6.07, 6.45) is 5.48. The SMILES string of the molecule is CCCCOc1ccc(NC(=O)CNc2ccc(C(=O)N3CCCCC3)cc2)cc1. The second-order valence-electron chi connectivity index (χ2n) is 7.56. The highest BCUT2D eigenvalue weighted by molar-refractivity contribution is 5.95. The summed E-state index contributed by atoms with van der Waals surface area (Å²) >= 11 is 0. The lowest BCUT2D eigenvalue weighted by molar-refractivity contribution is -0.114. The molecule has 0 aromatic heterocycles. The number of unbranched alkanes of at least 4 members (excludes halogenated alkanes) is 1. The third-order valence-corrected chi connectivity index (χ3v) is 5.13. The number of nitrogens with zero attached hydrogens (tertiary/aromatic N) is 1. The minimum atomic E-state index is -0.136. The average molecular weight is 410 g/mol. The Labute approximate surface area is 178 Å². The number of hydrogen-bond acceptors (Lipinski definition) is 4. The fourth-order valence-electron chi connectivity index (χ4n) is 3.37. The van der Waals surface area contributed by atoms with Gasteiger partial charge in [0, 0.05) is 30.0 Å². The summed E-state index contributed by atoms with van der Waals surface area (Å²) in [6, 6.07) is 14.7. The van der Waals surface area contributed by atoms with Gasteiger partial charge in [-0.2, -0.15) is 0 Å². The summed E-state index contributed by atoms with van der Waals surface area (Å²) in [5.41, 5.74) is 2.22. The Kier molecular flexibility index (Phi) is 8.12. The Hall–Kier alpha value is -3.02. The molecule has 6 nitrogen and oxygen atoms in total.